The highest BCUT2D eigenvalue weighted by atomic mass is 16.1. The number of amides is 1. The molecule has 0 saturated heterocycles. The SMILES string of the molecule is Cc1ccc2c(c1-c1ccccc1)C=NCC(=O)N2. The Kier molecular flexibility index (Phi) is 2.88. The molecule has 19 heavy (non-hydrogen) atoms. The standard InChI is InChI=1S/C16H14N2O/c1-11-7-8-14-13(9-17-10-15(19)18-14)16(11)12-5-3-2-4-6-12/h2-9H,10H2,1H3,(H,18,19). The van der Waals surface area contributed by atoms with Crippen molar-refractivity contribution in [2.24, 2.45) is 4.99 Å². The second-order valence-electron chi connectivity index (χ2n) is 4.60. The van der Waals surface area contributed by atoms with Crippen molar-refractivity contribution >= 4 is 17.8 Å². The molecular weight excluding hydrogens is 236 g/mol. The van der Waals surface area contributed by atoms with Gasteiger partial charge in [0.2, 0.25) is 5.91 Å². The molecule has 0 spiro atoms. The molecule has 0 unspecified atom stereocenters. The van der Waals surface area contributed by atoms with E-state index in [1.807, 2.05) is 30.3 Å². The number of nitrogens with zero attached hydrogens (tertiary/aromatic N) is 1. The van der Waals surface area contributed by atoms with Crippen LogP contribution in [0.1, 0.15) is 11.1 Å². The molecule has 0 aliphatic carbocycles. The van der Waals surface area contributed by atoms with E-state index in [9.17, 15) is 4.79 Å². The Morgan fingerprint density at radius 3 is 2.68 bits per heavy atom. The summed E-state index contributed by atoms with van der Waals surface area (Å²) in [6, 6.07) is 14.1. The van der Waals surface area contributed by atoms with Crippen LogP contribution in [0.5, 0.6) is 0 Å². The van der Waals surface area contributed by atoms with Gasteiger partial charge >= 0.3 is 0 Å². The number of nitrogens with one attached hydrogen (secondary N) is 1. The van der Waals surface area contributed by atoms with Gasteiger partial charge in [0.25, 0.3) is 0 Å². The van der Waals surface area contributed by atoms with Crippen LogP contribution in [0.4, 0.5) is 5.69 Å². The van der Waals surface area contributed by atoms with E-state index in [1.54, 1.807) is 6.21 Å². The highest BCUT2D eigenvalue weighted by molar-refractivity contribution is 6.06. The Hall–Kier alpha value is -2.42. The molecule has 0 fully saturated rings. The quantitative estimate of drug-likeness (QED) is 0.830. The maximum absolute atomic E-state index is 11.6. The molecule has 1 heterocycles. The number of aliphatic imine (C=N–C) groups is 1. The molecule has 3 rings (SSSR count). The van der Waals surface area contributed by atoms with Crippen LogP contribution in [0.2, 0.25) is 0 Å². The van der Waals surface area contributed by atoms with Gasteiger partial charge in [0.05, 0.1) is 5.69 Å². The van der Waals surface area contributed by atoms with Crippen molar-refractivity contribution in [2.75, 3.05) is 11.9 Å². The van der Waals surface area contributed by atoms with Crippen LogP contribution in [-0.4, -0.2) is 18.7 Å². The molecule has 0 atom stereocenters. The summed E-state index contributed by atoms with van der Waals surface area (Å²) >= 11 is 0. The van der Waals surface area contributed by atoms with E-state index >= 15 is 0 Å². The van der Waals surface area contributed by atoms with Gasteiger partial charge in [0.1, 0.15) is 6.54 Å². The van der Waals surface area contributed by atoms with Gasteiger partial charge in [0, 0.05) is 11.8 Å². The Morgan fingerprint density at radius 2 is 1.89 bits per heavy atom. The summed E-state index contributed by atoms with van der Waals surface area (Å²) in [5.74, 6) is -0.0714. The second-order valence-corrected chi connectivity index (χ2v) is 4.60. The Balaban J connectivity index is 2.25. The minimum atomic E-state index is -0.0714. The second kappa shape index (κ2) is 4.69. The number of benzene rings is 2. The lowest BCUT2D eigenvalue weighted by Crippen LogP contribution is -2.13. The molecule has 1 aliphatic heterocycles. The molecule has 0 aromatic heterocycles. The van der Waals surface area contributed by atoms with Crippen molar-refractivity contribution in [2.45, 2.75) is 6.92 Å². The number of anilines is 1. The summed E-state index contributed by atoms with van der Waals surface area (Å²) in [4.78, 5) is 15.7. The van der Waals surface area contributed by atoms with Gasteiger partial charge in [-0.15, -0.1) is 0 Å². The molecule has 0 bridgehead atoms. The molecular formula is C16H14N2O. The fourth-order valence-electron chi connectivity index (χ4n) is 2.37. The predicted octanol–water partition coefficient (Wildman–Crippen LogP) is 3.03. The molecule has 2 aromatic rings. The first-order valence-corrected chi connectivity index (χ1v) is 6.24. The van der Waals surface area contributed by atoms with Crippen molar-refractivity contribution < 1.29 is 4.79 Å². The minimum absolute atomic E-state index is 0.0714. The summed E-state index contributed by atoms with van der Waals surface area (Å²) in [7, 11) is 0. The van der Waals surface area contributed by atoms with E-state index in [0.29, 0.717) is 0 Å². The normalized spacial score (nSPS) is 13.6. The number of hydrogen-bond donors (Lipinski definition) is 1. The summed E-state index contributed by atoms with van der Waals surface area (Å²) in [5.41, 5.74) is 5.25. The number of aryl methyl sites for hydroxylation is 1. The fourth-order valence-corrected chi connectivity index (χ4v) is 2.37. The summed E-state index contributed by atoms with van der Waals surface area (Å²) in [6.45, 7) is 2.26. The van der Waals surface area contributed by atoms with Crippen LogP contribution in [-0.2, 0) is 4.79 Å². The van der Waals surface area contributed by atoms with Crippen LogP contribution in [0.25, 0.3) is 11.1 Å². The van der Waals surface area contributed by atoms with E-state index in [-0.39, 0.29) is 12.5 Å². The highest BCUT2D eigenvalue weighted by Crippen LogP contribution is 2.32. The molecule has 0 radical (unpaired) electrons. The van der Waals surface area contributed by atoms with Crippen LogP contribution < -0.4 is 5.32 Å². The Morgan fingerprint density at radius 1 is 1.11 bits per heavy atom. The van der Waals surface area contributed by atoms with Gasteiger partial charge in [-0.3, -0.25) is 9.79 Å². The number of rotatable bonds is 1. The zero-order valence-corrected chi connectivity index (χ0v) is 10.7. The fraction of sp³-hybridized carbons (Fsp3) is 0.125. The van der Waals surface area contributed by atoms with E-state index in [1.165, 1.54) is 5.56 Å². The van der Waals surface area contributed by atoms with Gasteiger partial charge in [0.15, 0.2) is 0 Å². The average Bonchev–Trinajstić information content (AvgIpc) is 2.61. The molecule has 1 aliphatic rings. The predicted molar refractivity (Wildman–Crippen MR) is 77.7 cm³/mol. The van der Waals surface area contributed by atoms with Crippen molar-refractivity contribution in [3.05, 3.63) is 53.6 Å². The maximum atomic E-state index is 11.6. The van der Waals surface area contributed by atoms with E-state index < -0.39 is 0 Å². The zero-order chi connectivity index (χ0) is 13.2. The summed E-state index contributed by atoms with van der Waals surface area (Å²) < 4.78 is 0. The van der Waals surface area contributed by atoms with Crippen LogP contribution in [0.3, 0.4) is 0 Å². The minimum Gasteiger partial charge on any atom is -0.324 e. The van der Waals surface area contributed by atoms with Crippen molar-refractivity contribution in [3.63, 3.8) is 0 Å². The summed E-state index contributed by atoms with van der Waals surface area (Å²) in [6.07, 6.45) is 1.79. The maximum Gasteiger partial charge on any atom is 0.246 e. The van der Waals surface area contributed by atoms with Crippen LogP contribution >= 0.6 is 0 Å². The number of fused-ring (bicyclic) bond motifs is 1. The number of benzodiazepines with no additional fused rings is 1. The lowest BCUT2D eigenvalue weighted by molar-refractivity contribution is -0.114. The van der Waals surface area contributed by atoms with Gasteiger partial charge in [-0.05, 0) is 29.7 Å². The molecule has 1 N–H and O–H groups in total. The first-order valence-electron chi connectivity index (χ1n) is 6.24. The van der Waals surface area contributed by atoms with Gasteiger partial charge < -0.3 is 5.32 Å². The zero-order valence-electron chi connectivity index (χ0n) is 10.7. The first-order chi connectivity index (χ1) is 9.25. The van der Waals surface area contributed by atoms with Crippen molar-refractivity contribution in [3.8, 4) is 11.1 Å². The lowest BCUT2D eigenvalue weighted by Gasteiger charge is -2.13. The van der Waals surface area contributed by atoms with E-state index in [4.69, 9.17) is 0 Å². The third kappa shape index (κ3) is 2.15. The monoisotopic (exact) mass is 250 g/mol. The number of hydrogen-bond acceptors (Lipinski definition) is 2. The van der Waals surface area contributed by atoms with Gasteiger partial charge in [-0.25, -0.2) is 0 Å². The molecule has 2 aromatic carbocycles. The molecule has 3 nitrogen and oxygen atoms in total. The topological polar surface area (TPSA) is 41.5 Å². The molecule has 1 amide bonds. The third-order valence-electron chi connectivity index (χ3n) is 3.25. The van der Waals surface area contributed by atoms with E-state index in [0.717, 1.165) is 22.4 Å². The lowest BCUT2D eigenvalue weighted by atomic mass is 9.94. The first kappa shape index (κ1) is 11.7. The third-order valence-corrected chi connectivity index (χ3v) is 3.25. The largest absolute Gasteiger partial charge is 0.324 e. The van der Waals surface area contributed by atoms with Gasteiger partial charge in [-0.1, -0.05) is 36.4 Å². The molecule has 94 valence electrons. The van der Waals surface area contributed by atoms with Crippen LogP contribution in [0.15, 0.2) is 47.5 Å². The Bertz CT molecular complexity index is 660. The number of carbonyl (C=O) groups is 1. The van der Waals surface area contributed by atoms with Gasteiger partial charge in [-0.2, -0.15) is 0 Å². The van der Waals surface area contributed by atoms with Crippen molar-refractivity contribution in [1.82, 2.24) is 0 Å². The highest BCUT2D eigenvalue weighted by Gasteiger charge is 2.15. The van der Waals surface area contributed by atoms with Crippen LogP contribution in [0, 0.1) is 6.92 Å². The van der Waals surface area contributed by atoms with Crippen molar-refractivity contribution in [1.29, 1.82) is 0 Å². The molecule has 3 heteroatoms. The smallest absolute Gasteiger partial charge is 0.246 e. The average molecular weight is 250 g/mol. The summed E-state index contributed by atoms with van der Waals surface area (Å²) in [5, 5.41) is 2.90. The molecule has 0 saturated carbocycles. The Labute approximate surface area is 112 Å². The van der Waals surface area contributed by atoms with E-state index in [2.05, 4.69) is 29.4 Å². The number of carbonyl (C=O) groups excluding carboxylic acids is 1.